The molecule has 1 fully saturated rings. The molecule has 5 nitrogen and oxygen atoms in total. The Hall–Kier alpha value is -2.31. The van der Waals surface area contributed by atoms with Gasteiger partial charge in [-0.05, 0) is 48.6 Å². The van der Waals surface area contributed by atoms with E-state index in [0.29, 0.717) is 12.3 Å². The van der Waals surface area contributed by atoms with E-state index in [9.17, 15) is 9.59 Å². The lowest BCUT2D eigenvalue weighted by Crippen LogP contribution is -2.43. The largest absolute Gasteiger partial charge is 0.350 e. The number of nitrogens with one attached hydrogen (secondary N) is 1. The second kappa shape index (κ2) is 9.67. The highest BCUT2D eigenvalue weighted by molar-refractivity contribution is 8.00. The molecular weight excluding hydrogens is 394 g/mol. The van der Waals surface area contributed by atoms with E-state index in [1.165, 1.54) is 43.3 Å². The molecule has 0 spiro atoms. The monoisotopic (exact) mass is 423 g/mol. The molecule has 2 aromatic rings. The van der Waals surface area contributed by atoms with Gasteiger partial charge in [-0.15, -0.1) is 11.8 Å². The van der Waals surface area contributed by atoms with Gasteiger partial charge in [0.2, 0.25) is 11.8 Å². The molecule has 2 heterocycles. The second-order valence-electron chi connectivity index (χ2n) is 8.31. The number of carbonyl (C=O) groups excluding carboxylic acids is 2. The zero-order chi connectivity index (χ0) is 20.9. The Morgan fingerprint density at radius 3 is 2.70 bits per heavy atom. The quantitative estimate of drug-likeness (QED) is 0.770. The summed E-state index contributed by atoms with van der Waals surface area (Å²) in [6, 6.07) is 16.2. The number of likely N-dealkylation sites (tertiary alicyclic amines) is 1. The lowest BCUT2D eigenvalue weighted by molar-refractivity contribution is -0.123. The molecule has 0 aromatic heterocycles. The van der Waals surface area contributed by atoms with Gasteiger partial charge in [0.05, 0.1) is 11.4 Å². The van der Waals surface area contributed by atoms with Crippen LogP contribution in [0.25, 0.3) is 0 Å². The van der Waals surface area contributed by atoms with Crippen LogP contribution in [0.4, 0.5) is 5.69 Å². The Morgan fingerprint density at radius 1 is 1.13 bits per heavy atom. The SMILES string of the molecule is C[C@H]1CCCN(Cc2ccc(CNC(=O)CN3C(=O)CSc4ccccc43)cc2)C1. The third-order valence-corrected chi connectivity index (χ3v) is 6.82. The van der Waals surface area contributed by atoms with Gasteiger partial charge in [-0.2, -0.15) is 0 Å². The fourth-order valence-corrected chi connectivity index (χ4v) is 5.11. The van der Waals surface area contributed by atoms with Crippen molar-refractivity contribution in [3.8, 4) is 0 Å². The maximum absolute atomic E-state index is 12.5. The summed E-state index contributed by atoms with van der Waals surface area (Å²) in [7, 11) is 0. The van der Waals surface area contributed by atoms with E-state index in [1.54, 1.807) is 4.90 Å². The molecule has 6 heteroatoms. The van der Waals surface area contributed by atoms with Crippen molar-refractivity contribution in [3.05, 3.63) is 59.7 Å². The number of carbonyl (C=O) groups is 2. The number of amides is 2. The third-order valence-electron chi connectivity index (χ3n) is 5.77. The fourth-order valence-electron chi connectivity index (χ4n) is 4.18. The zero-order valence-corrected chi connectivity index (χ0v) is 18.3. The molecule has 0 radical (unpaired) electrons. The maximum atomic E-state index is 12.5. The molecule has 30 heavy (non-hydrogen) atoms. The summed E-state index contributed by atoms with van der Waals surface area (Å²) in [5.41, 5.74) is 3.21. The Labute approximate surface area is 182 Å². The van der Waals surface area contributed by atoms with Crippen LogP contribution in [0.1, 0.15) is 30.9 Å². The van der Waals surface area contributed by atoms with Crippen LogP contribution in [0, 0.1) is 5.92 Å². The minimum Gasteiger partial charge on any atom is -0.350 e. The van der Waals surface area contributed by atoms with E-state index in [2.05, 4.69) is 41.4 Å². The topological polar surface area (TPSA) is 52.7 Å². The smallest absolute Gasteiger partial charge is 0.240 e. The third kappa shape index (κ3) is 5.24. The number of rotatable bonds is 6. The van der Waals surface area contributed by atoms with Gasteiger partial charge in [-0.1, -0.05) is 43.3 Å². The minimum absolute atomic E-state index is 0.0229. The van der Waals surface area contributed by atoms with Gasteiger partial charge in [0.1, 0.15) is 6.54 Å². The molecule has 2 aliphatic rings. The predicted molar refractivity (Wildman–Crippen MR) is 121 cm³/mol. The molecule has 0 saturated carbocycles. The summed E-state index contributed by atoms with van der Waals surface area (Å²) < 4.78 is 0. The van der Waals surface area contributed by atoms with Gasteiger partial charge in [-0.3, -0.25) is 14.5 Å². The highest BCUT2D eigenvalue weighted by Crippen LogP contribution is 2.34. The van der Waals surface area contributed by atoms with Crippen molar-refractivity contribution >= 4 is 29.3 Å². The van der Waals surface area contributed by atoms with Crippen LogP contribution in [-0.4, -0.2) is 42.1 Å². The first-order valence-corrected chi connectivity index (χ1v) is 11.7. The molecule has 158 valence electrons. The van der Waals surface area contributed by atoms with Crippen molar-refractivity contribution in [2.24, 2.45) is 5.92 Å². The van der Waals surface area contributed by atoms with Crippen molar-refractivity contribution in [1.82, 2.24) is 10.2 Å². The number of anilines is 1. The average Bonchev–Trinajstić information content (AvgIpc) is 2.75. The van der Waals surface area contributed by atoms with Gasteiger partial charge in [-0.25, -0.2) is 0 Å². The Balaban J connectivity index is 1.28. The van der Waals surface area contributed by atoms with Gasteiger partial charge in [0.25, 0.3) is 0 Å². The molecular formula is C24H29N3O2S. The van der Waals surface area contributed by atoms with Crippen molar-refractivity contribution in [3.63, 3.8) is 0 Å². The Kier molecular flexibility index (Phi) is 6.75. The maximum Gasteiger partial charge on any atom is 0.240 e. The summed E-state index contributed by atoms with van der Waals surface area (Å²) in [4.78, 5) is 29.9. The van der Waals surface area contributed by atoms with E-state index in [0.717, 1.165) is 28.6 Å². The Morgan fingerprint density at radius 2 is 1.90 bits per heavy atom. The number of hydrogen-bond acceptors (Lipinski definition) is 4. The van der Waals surface area contributed by atoms with Crippen molar-refractivity contribution < 1.29 is 9.59 Å². The summed E-state index contributed by atoms with van der Waals surface area (Å²) in [6.45, 7) is 6.20. The van der Waals surface area contributed by atoms with Crippen LogP contribution in [-0.2, 0) is 22.7 Å². The van der Waals surface area contributed by atoms with E-state index in [-0.39, 0.29) is 18.4 Å². The lowest BCUT2D eigenvalue weighted by atomic mass is 9.99. The molecule has 2 aromatic carbocycles. The number of thioether (sulfide) groups is 1. The summed E-state index contributed by atoms with van der Waals surface area (Å²) in [5, 5.41) is 2.95. The molecule has 0 aliphatic carbocycles. The van der Waals surface area contributed by atoms with E-state index >= 15 is 0 Å². The standard InChI is InChI=1S/C24H29N3O2S/c1-18-5-4-12-26(14-18)15-20-10-8-19(9-11-20)13-25-23(28)16-27-21-6-2-3-7-22(21)30-17-24(27)29/h2-3,6-11,18H,4-5,12-17H2,1H3,(H,25,28)/t18-/m0/s1. The zero-order valence-electron chi connectivity index (χ0n) is 17.5. The molecule has 0 unspecified atom stereocenters. The van der Waals surface area contributed by atoms with E-state index < -0.39 is 0 Å². The van der Waals surface area contributed by atoms with Crippen LogP contribution in [0.3, 0.4) is 0 Å². The fraction of sp³-hybridized carbons (Fsp3) is 0.417. The molecule has 0 bridgehead atoms. The second-order valence-corrected chi connectivity index (χ2v) is 9.33. The summed E-state index contributed by atoms with van der Waals surface area (Å²) >= 11 is 1.53. The molecule has 4 rings (SSSR count). The van der Waals surface area contributed by atoms with Gasteiger partial charge in [0, 0.05) is 24.5 Å². The van der Waals surface area contributed by atoms with Crippen LogP contribution in [0.2, 0.25) is 0 Å². The highest BCUT2D eigenvalue weighted by Gasteiger charge is 2.26. The normalized spacial score (nSPS) is 19.4. The number of nitrogens with zero attached hydrogens (tertiary/aromatic N) is 2. The van der Waals surface area contributed by atoms with E-state index in [4.69, 9.17) is 0 Å². The summed E-state index contributed by atoms with van der Waals surface area (Å²) in [5.74, 6) is 0.994. The van der Waals surface area contributed by atoms with E-state index in [1.807, 2.05) is 24.3 Å². The summed E-state index contributed by atoms with van der Waals surface area (Å²) in [6.07, 6.45) is 2.62. The highest BCUT2D eigenvalue weighted by atomic mass is 32.2. The Bertz CT molecular complexity index is 900. The van der Waals surface area contributed by atoms with Crippen LogP contribution in [0.15, 0.2) is 53.4 Å². The number of piperidine rings is 1. The number of benzene rings is 2. The van der Waals surface area contributed by atoms with Crippen molar-refractivity contribution in [1.29, 1.82) is 0 Å². The van der Waals surface area contributed by atoms with Gasteiger partial charge < -0.3 is 10.2 Å². The number of fused-ring (bicyclic) bond motifs is 1. The van der Waals surface area contributed by atoms with Crippen LogP contribution >= 0.6 is 11.8 Å². The first-order chi connectivity index (χ1) is 14.6. The minimum atomic E-state index is -0.142. The number of para-hydroxylation sites is 1. The number of hydrogen-bond donors (Lipinski definition) is 1. The predicted octanol–water partition coefficient (Wildman–Crippen LogP) is 3.67. The van der Waals surface area contributed by atoms with Crippen LogP contribution in [0.5, 0.6) is 0 Å². The van der Waals surface area contributed by atoms with Crippen molar-refractivity contribution in [2.45, 2.75) is 37.8 Å². The molecule has 2 amide bonds. The van der Waals surface area contributed by atoms with Gasteiger partial charge >= 0.3 is 0 Å². The van der Waals surface area contributed by atoms with Gasteiger partial charge in [0.15, 0.2) is 0 Å². The molecule has 2 aliphatic heterocycles. The molecule has 1 saturated heterocycles. The molecule has 1 atom stereocenters. The van der Waals surface area contributed by atoms with Crippen molar-refractivity contribution in [2.75, 3.05) is 30.3 Å². The average molecular weight is 424 g/mol. The lowest BCUT2D eigenvalue weighted by Gasteiger charge is -2.30. The first kappa shape index (κ1) is 20.9. The molecule has 1 N–H and O–H groups in total. The first-order valence-electron chi connectivity index (χ1n) is 10.7. The van der Waals surface area contributed by atoms with Crippen LogP contribution < -0.4 is 10.2 Å².